The molecule has 0 amide bonds. The van der Waals surface area contributed by atoms with Gasteiger partial charge in [0, 0.05) is 19.6 Å². The van der Waals surface area contributed by atoms with E-state index in [9.17, 15) is 16.6 Å². The SMILES string of the molecule is C=CCO[C@@H]1[C@@H](OCc2ccccc2)[C@H](O[C@H]2O[C@H](CN=[N+]=[N-])[C@@H](OCc3ccccc3)C[C@H]2N=[N+]=[N-])[C@@H](N=[N+]=[N-])C[C@H]1N=[N+]=[N-]. The first kappa shape index (κ1) is 34.1. The molecule has 0 aromatic heterocycles. The van der Waals surface area contributed by atoms with E-state index in [2.05, 4.69) is 46.7 Å². The summed E-state index contributed by atoms with van der Waals surface area (Å²) in [5.74, 6) is 0. The molecule has 2 aromatic rings. The van der Waals surface area contributed by atoms with Gasteiger partial charge in [-0.2, -0.15) is 0 Å². The fourth-order valence-electron chi connectivity index (χ4n) is 5.54. The Morgan fingerprint density at radius 3 is 1.89 bits per heavy atom. The first-order valence-corrected chi connectivity index (χ1v) is 14.6. The summed E-state index contributed by atoms with van der Waals surface area (Å²) in [5, 5.41) is 15.5. The van der Waals surface area contributed by atoms with Crippen molar-refractivity contribution in [3.05, 3.63) is 126 Å². The number of hydrogen-bond donors (Lipinski definition) is 0. The molecule has 2 fully saturated rings. The zero-order chi connectivity index (χ0) is 32.6. The largest absolute Gasteiger partial charge is 0.371 e. The molecule has 1 aliphatic heterocycles. The molecule has 0 radical (unpaired) electrons. The van der Waals surface area contributed by atoms with Crippen LogP contribution in [0.3, 0.4) is 0 Å². The first-order chi connectivity index (χ1) is 22.6. The van der Waals surface area contributed by atoms with Crippen molar-refractivity contribution in [3.63, 3.8) is 0 Å². The normalized spacial score (nSPS) is 28.7. The van der Waals surface area contributed by atoms with Crippen LogP contribution in [0.4, 0.5) is 0 Å². The van der Waals surface area contributed by atoms with E-state index in [1.54, 1.807) is 6.08 Å². The van der Waals surface area contributed by atoms with Crippen LogP contribution in [0.5, 0.6) is 0 Å². The highest BCUT2D eigenvalue weighted by molar-refractivity contribution is 5.15. The molecule has 0 unspecified atom stereocenters. The molecule has 0 bridgehead atoms. The van der Waals surface area contributed by atoms with Gasteiger partial charge in [0.05, 0.1) is 68.9 Å². The number of benzene rings is 2. The standard InChI is InChI=1S/C29H34N12O5/c1-2-13-42-26-21(35-39-31)14-22(36-40-32)27(28(26)44-18-20-11-7-4-8-12-20)46-29-23(37-41-33)15-24(25(45-29)16-34-38-30)43-17-19-9-5-3-6-10-19/h2-12,21-29H,1,13-18H2/t21-,22+,23-,24+,25-,26+,27-,28-,29-/m1/s1. The van der Waals surface area contributed by atoms with Crippen LogP contribution in [0.25, 0.3) is 41.8 Å². The van der Waals surface area contributed by atoms with Crippen molar-refractivity contribution in [3.8, 4) is 0 Å². The van der Waals surface area contributed by atoms with Crippen LogP contribution in [0.15, 0.2) is 93.8 Å². The topological polar surface area (TPSA) is 241 Å². The Balaban J connectivity index is 1.65. The number of ether oxygens (including phenoxy) is 5. The van der Waals surface area contributed by atoms with Gasteiger partial charge in [-0.1, -0.05) is 87.2 Å². The van der Waals surface area contributed by atoms with E-state index in [0.717, 1.165) is 11.1 Å². The van der Waals surface area contributed by atoms with E-state index < -0.39 is 54.9 Å². The second-order valence-corrected chi connectivity index (χ2v) is 10.5. The Hall–Kier alpha value is -4.78. The predicted octanol–water partition coefficient (Wildman–Crippen LogP) is 6.98. The minimum Gasteiger partial charge on any atom is -0.371 e. The Bertz CT molecular complexity index is 1460. The van der Waals surface area contributed by atoms with Gasteiger partial charge in [-0.05, 0) is 46.1 Å². The molecule has 1 saturated carbocycles. The summed E-state index contributed by atoms with van der Waals surface area (Å²) in [6.07, 6.45) is -3.49. The van der Waals surface area contributed by atoms with Crippen molar-refractivity contribution >= 4 is 0 Å². The van der Waals surface area contributed by atoms with Crippen LogP contribution >= 0.6 is 0 Å². The Morgan fingerprint density at radius 1 is 0.717 bits per heavy atom. The van der Waals surface area contributed by atoms with Crippen LogP contribution in [-0.2, 0) is 36.9 Å². The van der Waals surface area contributed by atoms with Gasteiger partial charge in [-0.25, -0.2) is 0 Å². The van der Waals surface area contributed by atoms with Gasteiger partial charge < -0.3 is 23.7 Å². The van der Waals surface area contributed by atoms with Crippen LogP contribution < -0.4 is 0 Å². The summed E-state index contributed by atoms with van der Waals surface area (Å²) < 4.78 is 31.4. The lowest BCUT2D eigenvalue weighted by molar-refractivity contribution is -0.279. The molecule has 0 N–H and O–H groups in total. The van der Waals surface area contributed by atoms with Gasteiger partial charge in [0.1, 0.15) is 6.10 Å². The Morgan fingerprint density at radius 2 is 1.30 bits per heavy atom. The molecule has 1 heterocycles. The highest BCUT2D eigenvalue weighted by Gasteiger charge is 2.49. The second kappa shape index (κ2) is 18.3. The zero-order valence-electron chi connectivity index (χ0n) is 24.9. The number of azide groups is 4. The molecule has 240 valence electrons. The molecule has 1 saturated heterocycles. The first-order valence-electron chi connectivity index (χ1n) is 14.6. The van der Waals surface area contributed by atoms with Gasteiger partial charge in [0.15, 0.2) is 6.29 Å². The fraction of sp³-hybridized carbons (Fsp3) is 0.517. The molecule has 9 atom stereocenters. The van der Waals surface area contributed by atoms with Crippen LogP contribution in [0, 0.1) is 0 Å². The van der Waals surface area contributed by atoms with E-state index in [-0.39, 0.29) is 39.2 Å². The summed E-state index contributed by atoms with van der Waals surface area (Å²) in [5.41, 5.74) is 39.1. The van der Waals surface area contributed by atoms with Gasteiger partial charge in [0.25, 0.3) is 0 Å². The maximum Gasteiger partial charge on any atom is 0.167 e. The maximum absolute atomic E-state index is 9.48. The molecule has 4 rings (SSSR count). The molecule has 17 heteroatoms. The smallest absolute Gasteiger partial charge is 0.167 e. The average molecular weight is 631 g/mol. The third-order valence-corrected chi connectivity index (χ3v) is 7.62. The van der Waals surface area contributed by atoms with Crippen molar-refractivity contribution in [2.75, 3.05) is 13.2 Å². The highest BCUT2D eigenvalue weighted by Crippen LogP contribution is 2.36. The zero-order valence-corrected chi connectivity index (χ0v) is 24.9. The monoisotopic (exact) mass is 630 g/mol. The molecular weight excluding hydrogens is 596 g/mol. The van der Waals surface area contributed by atoms with Crippen molar-refractivity contribution < 1.29 is 23.7 Å². The molecule has 17 nitrogen and oxygen atoms in total. The van der Waals surface area contributed by atoms with Crippen LogP contribution in [-0.4, -0.2) is 68.1 Å². The molecule has 0 spiro atoms. The third kappa shape index (κ3) is 9.36. The molecule has 46 heavy (non-hydrogen) atoms. The number of nitrogens with zero attached hydrogens (tertiary/aromatic N) is 12. The molecule has 1 aliphatic carbocycles. The van der Waals surface area contributed by atoms with Crippen molar-refractivity contribution in [2.24, 2.45) is 20.5 Å². The minimum atomic E-state index is -1.17. The van der Waals surface area contributed by atoms with E-state index in [1.807, 2.05) is 60.7 Å². The van der Waals surface area contributed by atoms with Crippen LogP contribution in [0.2, 0.25) is 0 Å². The van der Waals surface area contributed by atoms with E-state index in [1.165, 1.54) is 0 Å². The maximum atomic E-state index is 9.48. The van der Waals surface area contributed by atoms with Gasteiger partial charge in [0.2, 0.25) is 0 Å². The summed E-state index contributed by atoms with van der Waals surface area (Å²) in [7, 11) is 0. The lowest BCUT2D eigenvalue weighted by Crippen LogP contribution is -2.60. The lowest BCUT2D eigenvalue weighted by Gasteiger charge is -2.47. The van der Waals surface area contributed by atoms with Crippen molar-refractivity contribution in [1.29, 1.82) is 0 Å². The summed E-state index contributed by atoms with van der Waals surface area (Å²) in [4.78, 5) is 11.9. The highest BCUT2D eigenvalue weighted by atomic mass is 16.7. The van der Waals surface area contributed by atoms with E-state index >= 15 is 0 Å². The number of hydrogen-bond acceptors (Lipinski definition) is 9. The predicted molar refractivity (Wildman–Crippen MR) is 166 cm³/mol. The van der Waals surface area contributed by atoms with Crippen molar-refractivity contribution in [2.45, 2.75) is 81.0 Å². The Labute approximate surface area is 264 Å². The second-order valence-electron chi connectivity index (χ2n) is 10.5. The lowest BCUT2D eigenvalue weighted by atomic mass is 9.84. The summed E-state index contributed by atoms with van der Waals surface area (Å²) in [6, 6.07) is 16.3. The summed E-state index contributed by atoms with van der Waals surface area (Å²) in [6.45, 7) is 4.12. The molecular formula is C29H34N12O5. The van der Waals surface area contributed by atoms with Gasteiger partial charge in [-0.3, -0.25) is 0 Å². The fourth-order valence-corrected chi connectivity index (χ4v) is 5.54. The number of rotatable bonds is 16. The summed E-state index contributed by atoms with van der Waals surface area (Å²) >= 11 is 0. The van der Waals surface area contributed by atoms with Crippen LogP contribution in [0.1, 0.15) is 24.0 Å². The minimum absolute atomic E-state index is 0.0790. The molecule has 2 aromatic carbocycles. The molecule has 2 aliphatic rings. The van der Waals surface area contributed by atoms with Gasteiger partial charge >= 0.3 is 0 Å². The van der Waals surface area contributed by atoms with Gasteiger partial charge in [-0.15, -0.1) is 6.58 Å². The van der Waals surface area contributed by atoms with E-state index in [0.29, 0.717) is 0 Å². The average Bonchev–Trinajstić information content (AvgIpc) is 3.08. The Kier molecular flexibility index (Phi) is 13.5. The van der Waals surface area contributed by atoms with Crippen molar-refractivity contribution in [1.82, 2.24) is 0 Å². The van der Waals surface area contributed by atoms with E-state index in [4.69, 9.17) is 29.2 Å². The third-order valence-electron chi connectivity index (χ3n) is 7.62. The quantitative estimate of drug-likeness (QED) is 0.0822.